The van der Waals surface area contributed by atoms with Crippen LogP contribution in [0.4, 0.5) is 5.82 Å². The number of hydrogen-bond donors (Lipinski definition) is 3. The smallest absolute Gasteiger partial charge is 0.269 e. The number of H-pyrrole nitrogens is 1. The number of rotatable bonds is 1. The second kappa shape index (κ2) is 2.95. The van der Waals surface area contributed by atoms with E-state index in [0.717, 1.165) is 0 Å². The topological polar surface area (TPSA) is 110 Å². The van der Waals surface area contributed by atoms with Crippen LogP contribution in [0.15, 0.2) is 6.33 Å². The normalized spacial score (nSPS) is 10.4. The first-order valence-electron chi connectivity index (χ1n) is 3.90. The Hall–Kier alpha value is -2.18. The third-order valence-electron chi connectivity index (χ3n) is 1.83. The summed E-state index contributed by atoms with van der Waals surface area (Å²) in [6.45, 7) is 0. The Morgan fingerprint density at radius 1 is 1.57 bits per heavy atom. The van der Waals surface area contributed by atoms with E-state index in [1.807, 2.05) is 0 Å². The van der Waals surface area contributed by atoms with Gasteiger partial charge in [0.25, 0.3) is 5.91 Å². The van der Waals surface area contributed by atoms with Crippen molar-refractivity contribution in [2.75, 3.05) is 12.8 Å². The Morgan fingerprint density at radius 3 is 3.07 bits per heavy atom. The Bertz CT molecular complexity index is 490. The van der Waals surface area contributed by atoms with Gasteiger partial charge >= 0.3 is 0 Å². The molecular formula is C7H8N6O. The van der Waals surface area contributed by atoms with Crippen molar-refractivity contribution in [1.29, 1.82) is 0 Å². The summed E-state index contributed by atoms with van der Waals surface area (Å²) in [5.41, 5.74) is 6.27. The molecule has 0 aromatic carbocycles. The van der Waals surface area contributed by atoms with Gasteiger partial charge < -0.3 is 11.1 Å². The summed E-state index contributed by atoms with van der Waals surface area (Å²) in [6.07, 6.45) is 1.30. The van der Waals surface area contributed by atoms with Gasteiger partial charge in [-0.1, -0.05) is 0 Å². The third-order valence-corrected chi connectivity index (χ3v) is 1.83. The van der Waals surface area contributed by atoms with Crippen molar-refractivity contribution in [3.63, 3.8) is 0 Å². The SMILES string of the molecule is CNC(=O)c1[nH]nc2ncnc(N)c12. The molecule has 0 spiro atoms. The number of aromatic amines is 1. The average Bonchev–Trinajstić information content (AvgIpc) is 2.62. The van der Waals surface area contributed by atoms with Crippen LogP contribution < -0.4 is 11.1 Å². The van der Waals surface area contributed by atoms with Crippen molar-refractivity contribution in [2.45, 2.75) is 0 Å². The number of nitrogen functional groups attached to an aromatic ring is 1. The zero-order chi connectivity index (χ0) is 10.1. The van der Waals surface area contributed by atoms with Crippen LogP contribution in [-0.4, -0.2) is 33.1 Å². The van der Waals surface area contributed by atoms with E-state index >= 15 is 0 Å². The number of carbonyl (C=O) groups excluding carboxylic acids is 1. The van der Waals surface area contributed by atoms with Gasteiger partial charge in [0.15, 0.2) is 5.65 Å². The predicted molar refractivity (Wildman–Crippen MR) is 49.5 cm³/mol. The van der Waals surface area contributed by atoms with Crippen LogP contribution >= 0.6 is 0 Å². The van der Waals surface area contributed by atoms with E-state index in [-0.39, 0.29) is 17.4 Å². The highest BCUT2D eigenvalue weighted by atomic mass is 16.1. The van der Waals surface area contributed by atoms with Gasteiger partial charge in [-0.3, -0.25) is 9.89 Å². The molecule has 0 saturated carbocycles. The summed E-state index contributed by atoms with van der Waals surface area (Å²) < 4.78 is 0. The molecule has 7 nitrogen and oxygen atoms in total. The van der Waals surface area contributed by atoms with Crippen molar-refractivity contribution in [1.82, 2.24) is 25.5 Å². The van der Waals surface area contributed by atoms with Gasteiger partial charge in [0.05, 0.1) is 5.39 Å². The molecule has 2 heterocycles. The maximum atomic E-state index is 11.3. The molecule has 0 fully saturated rings. The molecule has 0 aliphatic rings. The number of anilines is 1. The van der Waals surface area contributed by atoms with Crippen molar-refractivity contribution >= 4 is 22.8 Å². The molecule has 2 aromatic rings. The van der Waals surface area contributed by atoms with Crippen molar-refractivity contribution in [2.24, 2.45) is 0 Å². The predicted octanol–water partition coefficient (Wildman–Crippen LogP) is -0.705. The lowest BCUT2D eigenvalue weighted by atomic mass is 10.3. The monoisotopic (exact) mass is 192 g/mol. The number of nitrogens with zero attached hydrogens (tertiary/aromatic N) is 3. The molecule has 0 atom stereocenters. The van der Waals surface area contributed by atoms with Gasteiger partial charge in [0.1, 0.15) is 17.8 Å². The Balaban J connectivity index is 2.73. The number of nitrogens with two attached hydrogens (primary N) is 1. The van der Waals surface area contributed by atoms with E-state index in [9.17, 15) is 4.79 Å². The quantitative estimate of drug-likeness (QED) is 0.553. The fourth-order valence-electron chi connectivity index (χ4n) is 1.17. The molecule has 72 valence electrons. The zero-order valence-electron chi connectivity index (χ0n) is 7.40. The first-order chi connectivity index (χ1) is 6.74. The molecule has 2 rings (SSSR count). The highest BCUT2D eigenvalue weighted by molar-refractivity contribution is 6.07. The molecule has 0 saturated heterocycles. The Kier molecular flexibility index (Phi) is 1.77. The van der Waals surface area contributed by atoms with E-state index in [2.05, 4.69) is 25.5 Å². The first kappa shape index (κ1) is 8.42. The Morgan fingerprint density at radius 2 is 2.36 bits per heavy atom. The lowest BCUT2D eigenvalue weighted by Gasteiger charge is -1.97. The molecule has 0 unspecified atom stereocenters. The molecular weight excluding hydrogens is 184 g/mol. The van der Waals surface area contributed by atoms with Crippen LogP contribution in [0.2, 0.25) is 0 Å². The number of carbonyl (C=O) groups is 1. The van der Waals surface area contributed by atoms with E-state index in [1.54, 1.807) is 0 Å². The minimum atomic E-state index is -0.297. The molecule has 4 N–H and O–H groups in total. The maximum Gasteiger partial charge on any atom is 0.269 e. The minimum Gasteiger partial charge on any atom is -0.383 e. The zero-order valence-corrected chi connectivity index (χ0v) is 7.40. The van der Waals surface area contributed by atoms with Crippen LogP contribution in [0.5, 0.6) is 0 Å². The molecule has 14 heavy (non-hydrogen) atoms. The van der Waals surface area contributed by atoms with Crippen molar-refractivity contribution < 1.29 is 4.79 Å². The summed E-state index contributed by atoms with van der Waals surface area (Å²) >= 11 is 0. The molecule has 2 aromatic heterocycles. The Labute approximate surface area is 78.7 Å². The van der Waals surface area contributed by atoms with E-state index in [4.69, 9.17) is 5.73 Å². The molecule has 0 bridgehead atoms. The second-order valence-electron chi connectivity index (χ2n) is 2.64. The van der Waals surface area contributed by atoms with Crippen molar-refractivity contribution in [3.05, 3.63) is 12.0 Å². The van der Waals surface area contributed by atoms with Gasteiger partial charge in [-0.25, -0.2) is 9.97 Å². The summed E-state index contributed by atoms with van der Waals surface area (Å²) in [4.78, 5) is 19.0. The summed E-state index contributed by atoms with van der Waals surface area (Å²) in [5.74, 6) is -0.0589. The highest BCUT2D eigenvalue weighted by Crippen LogP contribution is 2.17. The number of fused-ring (bicyclic) bond motifs is 1. The lowest BCUT2D eigenvalue weighted by Crippen LogP contribution is -2.18. The lowest BCUT2D eigenvalue weighted by molar-refractivity contribution is 0.0959. The second-order valence-corrected chi connectivity index (χ2v) is 2.64. The maximum absolute atomic E-state index is 11.3. The molecule has 0 aliphatic carbocycles. The van der Waals surface area contributed by atoms with Gasteiger partial charge in [-0.15, -0.1) is 0 Å². The first-order valence-corrected chi connectivity index (χ1v) is 3.90. The summed E-state index contributed by atoms with van der Waals surface area (Å²) in [6, 6.07) is 0. The number of aromatic nitrogens is 4. The van der Waals surface area contributed by atoms with Crippen LogP contribution in [0.25, 0.3) is 11.0 Å². The largest absolute Gasteiger partial charge is 0.383 e. The third kappa shape index (κ3) is 1.06. The van der Waals surface area contributed by atoms with Gasteiger partial charge in [0.2, 0.25) is 0 Å². The highest BCUT2D eigenvalue weighted by Gasteiger charge is 2.15. The van der Waals surface area contributed by atoms with Crippen LogP contribution in [0.1, 0.15) is 10.5 Å². The summed E-state index contributed by atoms with van der Waals surface area (Å²) in [5, 5.41) is 9.31. The summed E-state index contributed by atoms with van der Waals surface area (Å²) in [7, 11) is 1.52. The van der Waals surface area contributed by atoms with E-state index in [0.29, 0.717) is 11.0 Å². The van der Waals surface area contributed by atoms with Gasteiger partial charge in [0, 0.05) is 7.05 Å². The van der Waals surface area contributed by atoms with Crippen LogP contribution in [0.3, 0.4) is 0 Å². The van der Waals surface area contributed by atoms with Crippen LogP contribution in [0, 0.1) is 0 Å². The number of nitrogens with one attached hydrogen (secondary N) is 2. The average molecular weight is 192 g/mol. The molecule has 7 heteroatoms. The van der Waals surface area contributed by atoms with Crippen LogP contribution in [-0.2, 0) is 0 Å². The minimum absolute atomic E-state index is 0.238. The number of amides is 1. The molecule has 0 radical (unpaired) electrons. The van der Waals surface area contributed by atoms with Crippen molar-refractivity contribution in [3.8, 4) is 0 Å². The van der Waals surface area contributed by atoms with E-state index < -0.39 is 0 Å². The standard InChI is InChI=1S/C7H8N6O/c1-9-7(14)4-3-5(8)10-2-11-6(3)13-12-4/h2H,1H3,(H,9,14)(H3,8,10,11,12,13). The van der Waals surface area contributed by atoms with Gasteiger partial charge in [-0.2, -0.15) is 5.10 Å². The fourth-order valence-corrected chi connectivity index (χ4v) is 1.17. The molecule has 0 aliphatic heterocycles. The number of hydrogen-bond acceptors (Lipinski definition) is 5. The van der Waals surface area contributed by atoms with Gasteiger partial charge in [-0.05, 0) is 0 Å². The molecule has 1 amide bonds. The van der Waals surface area contributed by atoms with E-state index in [1.165, 1.54) is 13.4 Å². The fraction of sp³-hybridized carbons (Fsp3) is 0.143.